The lowest BCUT2D eigenvalue weighted by Crippen LogP contribution is -2.48. The van der Waals surface area contributed by atoms with Crippen LogP contribution in [0.3, 0.4) is 0 Å². The van der Waals surface area contributed by atoms with Crippen molar-refractivity contribution in [3.05, 3.63) is 24.3 Å². The van der Waals surface area contributed by atoms with Crippen LogP contribution in [0.15, 0.2) is 24.3 Å². The molecule has 0 bridgehead atoms. The van der Waals surface area contributed by atoms with E-state index < -0.39 is 0 Å². The van der Waals surface area contributed by atoms with Gasteiger partial charge in [0.05, 0.1) is 13.2 Å². The van der Waals surface area contributed by atoms with Crippen LogP contribution >= 0.6 is 0 Å². The van der Waals surface area contributed by atoms with Crippen LogP contribution in [0.2, 0.25) is 0 Å². The Morgan fingerprint density at radius 3 is 2.50 bits per heavy atom. The highest BCUT2D eigenvalue weighted by atomic mass is 16.5. The molecule has 1 atom stereocenters. The Labute approximate surface area is 142 Å². The van der Waals surface area contributed by atoms with Gasteiger partial charge in [0.1, 0.15) is 5.75 Å². The number of anilines is 1. The molecule has 0 aromatic heterocycles. The summed E-state index contributed by atoms with van der Waals surface area (Å²) < 4.78 is 5.14. The van der Waals surface area contributed by atoms with Crippen LogP contribution in [0.5, 0.6) is 5.75 Å². The normalized spacial score (nSPS) is 21.9. The van der Waals surface area contributed by atoms with Crippen molar-refractivity contribution in [3.63, 3.8) is 0 Å². The fourth-order valence-corrected chi connectivity index (χ4v) is 3.29. The summed E-state index contributed by atoms with van der Waals surface area (Å²) in [6.07, 6.45) is 2.45. The average Bonchev–Trinajstić information content (AvgIpc) is 2.95. The number of urea groups is 1. The SMILES string of the molecule is COc1ccc(N2C[C@H](NC(=O)N3CCC(C)CC3)CC2=O)cc1. The maximum Gasteiger partial charge on any atom is 0.317 e. The Hall–Kier alpha value is -2.24. The van der Waals surface area contributed by atoms with E-state index in [1.807, 2.05) is 29.2 Å². The first kappa shape index (κ1) is 16.6. The molecule has 6 heteroatoms. The molecular weight excluding hydrogens is 306 g/mol. The van der Waals surface area contributed by atoms with Crippen molar-refractivity contribution in [2.45, 2.75) is 32.2 Å². The van der Waals surface area contributed by atoms with Gasteiger partial charge >= 0.3 is 6.03 Å². The number of rotatable bonds is 3. The molecule has 3 amide bonds. The van der Waals surface area contributed by atoms with Crippen LogP contribution in [-0.2, 0) is 4.79 Å². The lowest BCUT2D eigenvalue weighted by Gasteiger charge is -2.31. The molecule has 0 aliphatic carbocycles. The third kappa shape index (κ3) is 3.63. The second-order valence-corrected chi connectivity index (χ2v) is 6.72. The van der Waals surface area contributed by atoms with Gasteiger partial charge in [0.15, 0.2) is 0 Å². The molecule has 130 valence electrons. The number of benzene rings is 1. The van der Waals surface area contributed by atoms with E-state index in [4.69, 9.17) is 4.74 Å². The van der Waals surface area contributed by atoms with E-state index >= 15 is 0 Å². The second-order valence-electron chi connectivity index (χ2n) is 6.72. The van der Waals surface area contributed by atoms with Gasteiger partial charge in [0.2, 0.25) is 5.91 Å². The molecule has 1 aromatic carbocycles. The van der Waals surface area contributed by atoms with Crippen molar-refractivity contribution >= 4 is 17.6 Å². The molecule has 0 spiro atoms. The zero-order chi connectivity index (χ0) is 17.1. The summed E-state index contributed by atoms with van der Waals surface area (Å²) >= 11 is 0. The molecule has 1 aromatic rings. The van der Waals surface area contributed by atoms with Gasteiger partial charge in [0, 0.05) is 31.7 Å². The first-order chi connectivity index (χ1) is 11.6. The number of nitrogens with zero attached hydrogens (tertiary/aromatic N) is 2. The molecule has 0 saturated carbocycles. The molecule has 2 fully saturated rings. The molecule has 1 N–H and O–H groups in total. The minimum atomic E-state index is -0.133. The lowest BCUT2D eigenvalue weighted by atomic mass is 10.00. The highest BCUT2D eigenvalue weighted by molar-refractivity contribution is 5.96. The summed E-state index contributed by atoms with van der Waals surface area (Å²) in [7, 11) is 1.61. The van der Waals surface area contributed by atoms with Crippen molar-refractivity contribution in [1.82, 2.24) is 10.2 Å². The third-order valence-electron chi connectivity index (χ3n) is 4.91. The molecule has 2 heterocycles. The Kier molecular flexibility index (Phi) is 4.92. The quantitative estimate of drug-likeness (QED) is 0.924. The minimum Gasteiger partial charge on any atom is -0.497 e. The summed E-state index contributed by atoms with van der Waals surface area (Å²) in [5.41, 5.74) is 0.837. The van der Waals surface area contributed by atoms with Crippen LogP contribution in [0, 0.1) is 5.92 Å². The summed E-state index contributed by atoms with van der Waals surface area (Å²) in [5, 5.41) is 3.02. The van der Waals surface area contributed by atoms with E-state index in [9.17, 15) is 9.59 Å². The van der Waals surface area contributed by atoms with Crippen molar-refractivity contribution in [2.24, 2.45) is 5.92 Å². The number of hydrogen-bond acceptors (Lipinski definition) is 3. The smallest absolute Gasteiger partial charge is 0.317 e. The summed E-state index contributed by atoms with van der Waals surface area (Å²) in [4.78, 5) is 28.2. The highest BCUT2D eigenvalue weighted by Crippen LogP contribution is 2.24. The maximum absolute atomic E-state index is 12.4. The van der Waals surface area contributed by atoms with Crippen LogP contribution < -0.4 is 15.0 Å². The van der Waals surface area contributed by atoms with E-state index in [0.717, 1.165) is 37.4 Å². The van der Waals surface area contributed by atoms with E-state index in [2.05, 4.69) is 12.2 Å². The first-order valence-corrected chi connectivity index (χ1v) is 8.56. The largest absolute Gasteiger partial charge is 0.497 e. The highest BCUT2D eigenvalue weighted by Gasteiger charge is 2.33. The van der Waals surface area contributed by atoms with E-state index in [-0.39, 0.29) is 18.0 Å². The molecule has 0 radical (unpaired) electrons. The van der Waals surface area contributed by atoms with Crippen LogP contribution in [0.25, 0.3) is 0 Å². The van der Waals surface area contributed by atoms with Gasteiger partial charge in [-0.2, -0.15) is 0 Å². The summed E-state index contributed by atoms with van der Waals surface area (Å²) in [5.74, 6) is 1.49. The molecule has 2 aliphatic heterocycles. The van der Waals surface area contributed by atoms with Gasteiger partial charge in [-0.25, -0.2) is 4.79 Å². The monoisotopic (exact) mass is 331 g/mol. The van der Waals surface area contributed by atoms with Gasteiger partial charge in [-0.15, -0.1) is 0 Å². The Morgan fingerprint density at radius 1 is 1.21 bits per heavy atom. The second kappa shape index (κ2) is 7.11. The zero-order valence-electron chi connectivity index (χ0n) is 14.3. The number of amides is 3. The zero-order valence-corrected chi connectivity index (χ0v) is 14.3. The van der Waals surface area contributed by atoms with E-state index in [1.165, 1.54) is 0 Å². The number of nitrogens with one attached hydrogen (secondary N) is 1. The van der Waals surface area contributed by atoms with Gasteiger partial charge in [-0.05, 0) is 43.0 Å². The Morgan fingerprint density at radius 2 is 1.88 bits per heavy atom. The van der Waals surface area contributed by atoms with Crippen LogP contribution in [0.4, 0.5) is 10.5 Å². The number of piperidine rings is 1. The Bertz CT molecular complexity index is 594. The predicted octanol–water partition coefficient (Wildman–Crippen LogP) is 2.24. The van der Waals surface area contributed by atoms with Crippen LogP contribution in [0.1, 0.15) is 26.2 Å². The molecule has 24 heavy (non-hydrogen) atoms. The molecular formula is C18H25N3O3. The molecule has 3 rings (SSSR count). The Balaban J connectivity index is 1.57. The van der Waals surface area contributed by atoms with Gasteiger partial charge in [0.25, 0.3) is 0 Å². The third-order valence-corrected chi connectivity index (χ3v) is 4.91. The molecule has 2 saturated heterocycles. The van der Waals surface area contributed by atoms with Gasteiger partial charge in [-0.1, -0.05) is 6.92 Å². The van der Waals surface area contributed by atoms with Gasteiger partial charge in [-0.3, -0.25) is 4.79 Å². The molecule has 0 unspecified atom stereocenters. The van der Waals surface area contributed by atoms with Gasteiger partial charge < -0.3 is 19.9 Å². The van der Waals surface area contributed by atoms with Crippen molar-refractivity contribution in [2.75, 3.05) is 31.6 Å². The minimum absolute atomic E-state index is 0.0396. The predicted molar refractivity (Wildman–Crippen MR) is 92.3 cm³/mol. The maximum atomic E-state index is 12.4. The lowest BCUT2D eigenvalue weighted by molar-refractivity contribution is -0.117. The number of ether oxygens (including phenoxy) is 1. The fraction of sp³-hybridized carbons (Fsp3) is 0.556. The number of hydrogen-bond donors (Lipinski definition) is 1. The summed E-state index contributed by atoms with van der Waals surface area (Å²) in [6.45, 7) is 4.34. The first-order valence-electron chi connectivity index (χ1n) is 8.56. The van der Waals surface area contributed by atoms with Crippen molar-refractivity contribution in [3.8, 4) is 5.75 Å². The standard InChI is InChI=1S/C18H25N3O3/c1-13-7-9-20(10-8-13)18(23)19-14-11-17(22)21(12-14)15-3-5-16(24-2)6-4-15/h3-6,13-14H,7-12H2,1-2H3,(H,19,23)/t14-/m1/s1. The summed E-state index contributed by atoms with van der Waals surface area (Å²) in [6, 6.07) is 7.23. The number of methoxy groups -OCH3 is 1. The topological polar surface area (TPSA) is 61.9 Å². The van der Waals surface area contributed by atoms with Crippen molar-refractivity contribution in [1.29, 1.82) is 0 Å². The van der Waals surface area contributed by atoms with Crippen LogP contribution in [-0.4, -0.2) is 49.6 Å². The van der Waals surface area contributed by atoms with E-state index in [1.54, 1.807) is 12.0 Å². The fourth-order valence-electron chi connectivity index (χ4n) is 3.29. The van der Waals surface area contributed by atoms with Crippen molar-refractivity contribution < 1.29 is 14.3 Å². The number of likely N-dealkylation sites (tertiary alicyclic amines) is 1. The molecule has 6 nitrogen and oxygen atoms in total. The van der Waals surface area contributed by atoms with E-state index in [0.29, 0.717) is 18.9 Å². The average molecular weight is 331 g/mol. The molecule has 2 aliphatic rings. The number of carbonyl (C=O) groups excluding carboxylic acids is 2. The number of carbonyl (C=O) groups is 2.